The van der Waals surface area contributed by atoms with Gasteiger partial charge in [-0.1, -0.05) is 127 Å². The summed E-state index contributed by atoms with van der Waals surface area (Å²) in [6, 6.07) is 47.4. The predicted octanol–water partition coefficient (Wildman–Crippen LogP) is 9.85. The van der Waals surface area contributed by atoms with Gasteiger partial charge in [-0.25, -0.2) is 0 Å². The number of thiocarbonyl (C=S) groups is 1. The normalized spacial score (nSPS) is 11.4. The van der Waals surface area contributed by atoms with Gasteiger partial charge < -0.3 is 15.3 Å². The first-order valence-electron chi connectivity index (χ1n) is 14.3. The van der Waals surface area contributed by atoms with Gasteiger partial charge in [0, 0.05) is 62.3 Å². The summed E-state index contributed by atoms with van der Waals surface area (Å²) in [5, 5.41) is 5.83. The number of rotatable bonds is 7. The number of hydrogen-bond donors (Lipinski definition) is 3. The average molecular weight is 562 g/mol. The summed E-state index contributed by atoms with van der Waals surface area (Å²) in [5.41, 5.74) is 11.9. The minimum atomic E-state index is 0.0303. The molecule has 3 nitrogen and oxygen atoms in total. The number of H-pyrrole nitrogens is 2. The molecule has 2 heterocycles. The van der Waals surface area contributed by atoms with Crippen molar-refractivity contribution in [3.63, 3.8) is 0 Å². The van der Waals surface area contributed by atoms with Crippen molar-refractivity contribution in [3.05, 3.63) is 162 Å². The summed E-state index contributed by atoms with van der Waals surface area (Å²) in [5.74, 6) is 0.0303. The number of anilines is 1. The van der Waals surface area contributed by atoms with E-state index in [0.29, 0.717) is 0 Å². The van der Waals surface area contributed by atoms with Crippen LogP contribution in [-0.4, -0.2) is 15.0 Å². The summed E-state index contributed by atoms with van der Waals surface area (Å²) in [6.45, 7) is 1.92. The van der Waals surface area contributed by atoms with Crippen molar-refractivity contribution in [2.45, 2.75) is 19.3 Å². The molecule has 42 heavy (non-hydrogen) atoms. The van der Waals surface area contributed by atoms with Crippen LogP contribution in [0.15, 0.2) is 133 Å². The summed E-state index contributed by atoms with van der Waals surface area (Å²) in [7, 11) is 0. The van der Waals surface area contributed by atoms with E-state index in [-0.39, 0.29) is 5.92 Å². The fourth-order valence-electron chi connectivity index (χ4n) is 6.26. The van der Waals surface area contributed by atoms with E-state index in [1.807, 2.05) is 6.92 Å². The number of para-hydroxylation sites is 3. The number of aromatic nitrogens is 2. The molecular weight excluding hydrogens is 531 g/mol. The van der Waals surface area contributed by atoms with Gasteiger partial charge in [0.15, 0.2) is 0 Å². The molecule has 0 aliphatic rings. The van der Waals surface area contributed by atoms with E-state index in [0.717, 1.165) is 28.1 Å². The Labute approximate surface area is 251 Å². The van der Waals surface area contributed by atoms with Gasteiger partial charge in [-0.3, -0.25) is 0 Å². The summed E-state index contributed by atoms with van der Waals surface area (Å²) in [4.78, 5) is 8.47. The van der Waals surface area contributed by atoms with Crippen molar-refractivity contribution in [1.29, 1.82) is 0 Å². The molecule has 0 spiro atoms. The molecule has 2 aromatic heterocycles. The van der Waals surface area contributed by atoms with Crippen molar-refractivity contribution >= 4 is 44.7 Å². The molecule has 0 aliphatic heterocycles. The lowest BCUT2D eigenvalue weighted by Crippen LogP contribution is -2.07. The number of aromatic amines is 2. The zero-order chi connectivity index (χ0) is 28.5. The number of fused-ring (bicyclic) bond motifs is 2. The topological polar surface area (TPSA) is 43.6 Å². The predicted molar refractivity (Wildman–Crippen MR) is 181 cm³/mol. The van der Waals surface area contributed by atoms with Crippen LogP contribution in [0.3, 0.4) is 0 Å². The van der Waals surface area contributed by atoms with Crippen LogP contribution in [0, 0.1) is 0 Å². The molecular formula is C38H31N3S. The Bertz CT molecular complexity index is 1980. The Morgan fingerprint density at radius 1 is 0.619 bits per heavy atom. The van der Waals surface area contributed by atoms with Gasteiger partial charge in [0.2, 0.25) is 0 Å². The largest absolute Gasteiger partial charge is 0.358 e. The monoisotopic (exact) mass is 561 g/mol. The first kappa shape index (κ1) is 26.0. The van der Waals surface area contributed by atoms with Crippen LogP contribution in [0.1, 0.15) is 40.9 Å². The minimum absolute atomic E-state index is 0.0303. The van der Waals surface area contributed by atoms with Crippen LogP contribution in [-0.2, 0) is 6.42 Å². The van der Waals surface area contributed by atoms with E-state index in [4.69, 9.17) is 12.2 Å². The molecule has 0 fully saturated rings. The number of benzene rings is 5. The van der Waals surface area contributed by atoms with Gasteiger partial charge >= 0.3 is 0 Å². The van der Waals surface area contributed by atoms with Crippen LogP contribution < -0.4 is 5.32 Å². The van der Waals surface area contributed by atoms with E-state index in [1.165, 1.54) is 50.0 Å². The third-order valence-electron chi connectivity index (χ3n) is 8.02. The highest BCUT2D eigenvalue weighted by Gasteiger charge is 2.27. The lowest BCUT2D eigenvalue weighted by molar-refractivity contribution is 0.940. The number of nitrogens with one attached hydrogen (secondary N) is 3. The van der Waals surface area contributed by atoms with E-state index in [1.54, 1.807) is 0 Å². The van der Waals surface area contributed by atoms with Crippen LogP contribution in [0.4, 0.5) is 5.69 Å². The second-order valence-electron chi connectivity index (χ2n) is 10.8. The molecule has 4 heteroatoms. The fourth-order valence-corrected chi connectivity index (χ4v) is 6.37. The van der Waals surface area contributed by atoms with Crippen LogP contribution in [0.25, 0.3) is 32.9 Å². The Balaban J connectivity index is 1.52. The smallest absolute Gasteiger partial charge is 0.0765 e. The maximum absolute atomic E-state index is 5.41. The van der Waals surface area contributed by atoms with Crippen LogP contribution >= 0.6 is 12.2 Å². The Morgan fingerprint density at radius 2 is 1.14 bits per heavy atom. The van der Waals surface area contributed by atoms with Crippen molar-refractivity contribution in [1.82, 2.24) is 9.97 Å². The average Bonchev–Trinajstić information content (AvgIpc) is 3.56. The maximum Gasteiger partial charge on any atom is 0.0765 e. The van der Waals surface area contributed by atoms with Gasteiger partial charge in [-0.05, 0) is 41.8 Å². The van der Waals surface area contributed by atoms with E-state index in [9.17, 15) is 0 Å². The molecule has 204 valence electrons. The van der Waals surface area contributed by atoms with Crippen molar-refractivity contribution in [2.24, 2.45) is 0 Å². The zero-order valence-corrected chi connectivity index (χ0v) is 24.2. The van der Waals surface area contributed by atoms with E-state index in [2.05, 4.69) is 149 Å². The first-order valence-corrected chi connectivity index (χ1v) is 14.7. The van der Waals surface area contributed by atoms with Crippen molar-refractivity contribution in [3.8, 4) is 11.1 Å². The Morgan fingerprint density at radius 3 is 1.79 bits per heavy atom. The van der Waals surface area contributed by atoms with Gasteiger partial charge in [-0.15, -0.1) is 0 Å². The Kier molecular flexibility index (Phi) is 6.90. The highest BCUT2D eigenvalue weighted by molar-refractivity contribution is 7.80. The third kappa shape index (κ3) is 4.80. The molecule has 0 atom stereocenters. The molecule has 0 unspecified atom stereocenters. The highest BCUT2D eigenvalue weighted by atomic mass is 32.1. The second kappa shape index (κ2) is 11.2. The molecule has 0 bridgehead atoms. The van der Waals surface area contributed by atoms with Gasteiger partial charge in [-0.2, -0.15) is 0 Å². The first-order chi connectivity index (χ1) is 20.7. The fraction of sp³-hybridized carbons (Fsp3) is 0.0789. The minimum Gasteiger partial charge on any atom is -0.358 e. The van der Waals surface area contributed by atoms with Gasteiger partial charge in [0.25, 0.3) is 0 Å². The van der Waals surface area contributed by atoms with E-state index >= 15 is 0 Å². The molecule has 5 aromatic carbocycles. The lowest BCUT2D eigenvalue weighted by atomic mass is 9.84. The SMILES string of the molecule is CC(=S)Nc1ccccc1Cc1[nH]c2ccccc2c1-c1c(C(c2ccccc2)c2ccccc2)[nH]c2ccccc12. The summed E-state index contributed by atoms with van der Waals surface area (Å²) in [6.07, 6.45) is 0.732. The zero-order valence-electron chi connectivity index (χ0n) is 23.4. The molecule has 7 aromatic rings. The van der Waals surface area contributed by atoms with Crippen molar-refractivity contribution < 1.29 is 0 Å². The van der Waals surface area contributed by atoms with Crippen LogP contribution in [0.2, 0.25) is 0 Å². The summed E-state index contributed by atoms with van der Waals surface area (Å²) < 4.78 is 0. The Hall–Kier alpha value is -4.93. The molecule has 0 aliphatic carbocycles. The molecule has 7 rings (SSSR count). The third-order valence-corrected chi connectivity index (χ3v) is 8.12. The molecule has 0 radical (unpaired) electrons. The maximum atomic E-state index is 5.41. The standard InChI is InChI=1S/C38H31N3S/c1-25(42)39-31-21-11-8-18-28(31)24-34-36(29-19-9-12-22-32(29)40-34)37-30-20-10-13-23-33(30)41-38(37)35(26-14-4-2-5-15-26)27-16-6-3-7-17-27/h2-23,35,40-41H,24H2,1H3,(H,39,42). The molecule has 3 N–H and O–H groups in total. The molecule has 0 saturated carbocycles. The second-order valence-corrected chi connectivity index (χ2v) is 11.4. The van der Waals surface area contributed by atoms with Crippen LogP contribution in [0.5, 0.6) is 0 Å². The molecule has 0 saturated heterocycles. The lowest BCUT2D eigenvalue weighted by Gasteiger charge is -2.20. The van der Waals surface area contributed by atoms with E-state index < -0.39 is 0 Å². The quantitative estimate of drug-likeness (QED) is 0.170. The molecule has 0 amide bonds. The van der Waals surface area contributed by atoms with Gasteiger partial charge in [0.05, 0.1) is 4.99 Å². The number of hydrogen-bond acceptors (Lipinski definition) is 1. The van der Waals surface area contributed by atoms with Gasteiger partial charge in [0.1, 0.15) is 0 Å². The highest BCUT2D eigenvalue weighted by Crippen LogP contribution is 2.45. The van der Waals surface area contributed by atoms with Crippen molar-refractivity contribution in [2.75, 3.05) is 5.32 Å². The summed E-state index contributed by atoms with van der Waals surface area (Å²) >= 11 is 5.41.